The summed E-state index contributed by atoms with van der Waals surface area (Å²) in [6.07, 6.45) is 2.60. The van der Waals surface area contributed by atoms with Gasteiger partial charge in [-0.15, -0.1) is 0 Å². The first-order valence-corrected chi connectivity index (χ1v) is 7.16. The molecule has 0 radical (unpaired) electrons. The normalized spacial score (nSPS) is 23.0. The molecule has 18 heavy (non-hydrogen) atoms. The second-order valence-electron chi connectivity index (χ2n) is 4.87. The van der Waals surface area contributed by atoms with Gasteiger partial charge in [0.1, 0.15) is 0 Å². The standard InChI is InChI=1S/C14H19Cl2NO/c1-9(11-5-3-6-12(15)14(11)16)17-10(2)13-7-4-8-18-13/h3,5-6,9-10,13,17H,4,7-8H2,1-2H3. The number of nitrogens with one attached hydrogen (secondary N) is 1. The molecule has 0 aliphatic carbocycles. The fourth-order valence-electron chi connectivity index (χ4n) is 2.44. The predicted molar refractivity (Wildman–Crippen MR) is 76.4 cm³/mol. The van der Waals surface area contributed by atoms with Gasteiger partial charge in [0.15, 0.2) is 0 Å². The van der Waals surface area contributed by atoms with Crippen LogP contribution in [0.1, 0.15) is 38.3 Å². The molecule has 100 valence electrons. The van der Waals surface area contributed by atoms with Crippen LogP contribution in [0.3, 0.4) is 0 Å². The Bertz CT molecular complexity index is 405. The number of hydrogen-bond donors (Lipinski definition) is 1. The van der Waals surface area contributed by atoms with Gasteiger partial charge in [0.25, 0.3) is 0 Å². The van der Waals surface area contributed by atoms with E-state index in [0.717, 1.165) is 25.0 Å². The van der Waals surface area contributed by atoms with Crippen LogP contribution in [0.15, 0.2) is 18.2 Å². The summed E-state index contributed by atoms with van der Waals surface area (Å²) in [6.45, 7) is 5.14. The van der Waals surface area contributed by atoms with Crippen molar-refractivity contribution in [3.8, 4) is 0 Å². The summed E-state index contributed by atoms with van der Waals surface area (Å²) in [4.78, 5) is 0. The number of ether oxygens (including phenoxy) is 1. The van der Waals surface area contributed by atoms with Gasteiger partial charge in [0, 0.05) is 18.7 Å². The summed E-state index contributed by atoms with van der Waals surface area (Å²) in [7, 11) is 0. The summed E-state index contributed by atoms with van der Waals surface area (Å²) in [5, 5.41) is 4.78. The van der Waals surface area contributed by atoms with Crippen molar-refractivity contribution in [3.05, 3.63) is 33.8 Å². The van der Waals surface area contributed by atoms with E-state index in [-0.39, 0.29) is 6.04 Å². The number of rotatable bonds is 4. The molecule has 0 aromatic heterocycles. The largest absolute Gasteiger partial charge is 0.377 e. The Kier molecular flexibility index (Phi) is 4.91. The van der Waals surface area contributed by atoms with E-state index in [4.69, 9.17) is 27.9 Å². The highest BCUT2D eigenvalue weighted by Crippen LogP contribution is 2.30. The van der Waals surface area contributed by atoms with Crippen molar-refractivity contribution >= 4 is 23.2 Å². The zero-order chi connectivity index (χ0) is 13.1. The van der Waals surface area contributed by atoms with E-state index in [0.29, 0.717) is 22.2 Å². The molecule has 4 heteroatoms. The number of benzene rings is 1. The molecule has 0 bridgehead atoms. The molecular weight excluding hydrogens is 269 g/mol. The van der Waals surface area contributed by atoms with E-state index in [1.54, 1.807) is 0 Å². The molecule has 2 rings (SSSR count). The Morgan fingerprint density at radius 3 is 2.78 bits per heavy atom. The number of hydrogen-bond acceptors (Lipinski definition) is 2. The van der Waals surface area contributed by atoms with Crippen molar-refractivity contribution in [3.63, 3.8) is 0 Å². The summed E-state index contributed by atoms with van der Waals surface area (Å²) in [5.41, 5.74) is 1.04. The van der Waals surface area contributed by atoms with Gasteiger partial charge >= 0.3 is 0 Å². The molecule has 3 atom stereocenters. The van der Waals surface area contributed by atoms with E-state index >= 15 is 0 Å². The van der Waals surface area contributed by atoms with Crippen molar-refractivity contribution in [2.24, 2.45) is 0 Å². The maximum absolute atomic E-state index is 6.23. The molecule has 1 fully saturated rings. The zero-order valence-electron chi connectivity index (χ0n) is 10.7. The van der Waals surface area contributed by atoms with Crippen LogP contribution in [0.25, 0.3) is 0 Å². The minimum atomic E-state index is 0.162. The molecule has 3 unspecified atom stereocenters. The van der Waals surface area contributed by atoms with Crippen molar-refractivity contribution in [1.29, 1.82) is 0 Å². The molecule has 0 amide bonds. The molecule has 2 nitrogen and oxygen atoms in total. The average molecular weight is 288 g/mol. The summed E-state index contributed by atoms with van der Waals surface area (Å²) >= 11 is 12.3. The maximum Gasteiger partial charge on any atom is 0.0726 e. The Hall–Kier alpha value is -0.280. The van der Waals surface area contributed by atoms with Crippen LogP contribution in [-0.4, -0.2) is 18.8 Å². The monoisotopic (exact) mass is 287 g/mol. The second kappa shape index (κ2) is 6.25. The summed E-state index contributed by atoms with van der Waals surface area (Å²) in [6, 6.07) is 6.23. The molecule has 0 saturated carbocycles. The van der Waals surface area contributed by atoms with E-state index in [1.165, 1.54) is 0 Å². The SMILES string of the molecule is CC(NC(C)C1CCCO1)c1cccc(Cl)c1Cl. The summed E-state index contributed by atoms with van der Waals surface area (Å²) < 4.78 is 5.68. The molecule has 1 saturated heterocycles. The lowest BCUT2D eigenvalue weighted by atomic mass is 10.0. The van der Waals surface area contributed by atoms with Crippen LogP contribution in [-0.2, 0) is 4.74 Å². The fraction of sp³-hybridized carbons (Fsp3) is 0.571. The second-order valence-corrected chi connectivity index (χ2v) is 5.66. The van der Waals surface area contributed by atoms with Crippen LogP contribution in [0.2, 0.25) is 10.0 Å². The van der Waals surface area contributed by atoms with Gasteiger partial charge in [-0.2, -0.15) is 0 Å². The van der Waals surface area contributed by atoms with Crippen molar-refractivity contribution < 1.29 is 4.74 Å². The first kappa shape index (κ1) is 14.1. The van der Waals surface area contributed by atoms with Crippen LogP contribution < -0.4 is 5.32 Å². The van der Waals surface area contributed by atoms with Gasteiger partial charge in [-0.1, -0.05) is 35.3 Å². The average Bonchev–Trinajstić information content (AvgIpc) is 2.86. The third kappa shape index (κ3) is 3.18. The van der Waals surface area contributed by atoms with Gasteiger partial charge in [-0.05, 0) is 38.3 Å². The smallest absolute Gasteiger partial charge is 0.0726 e. The number of halogens is 2. The third-order valence-corrected chi connectivity index (χ3v) is 4.32. The molecule has 1 N–H and O–H groups in total. The first-order valence-electron chi connectivity index (χ1n) is 6.41. The van der Waals surface area contributed by atoms with Gasteiger partial charge in [0.2, 0.25) is 0 Å². The highest BCUT2D eigenvalue weighted by atomic mass is 35.5. The molecular formula is C14H19Cl2NO. The molecule has 1 aromatic carbocycles. The summed E-state index contributed by atoms with van der Waals surface area (Å²) in [5.74, 6) is 0. The zero-order valence-corrected chi connectivity index (χ0v) is 12.3. The molecule has 1 aromatic rings. The van der Waals surface area contributed by atoms with E-state index in [1.807, 2.05) is 18.2 Å². The van der Waals surface area contributed by atoms with E-state index in [9.17, 15) is 0 Å². The van der Waals surface area contributed by atoms with Crippen LogP contribution in [0.5, 0.6) is 0 Å². The fourth-order valence-corrected chi connectivity index (χ4v) is 2.91. The highest BCUT2D eigenvalue weighted by Gasteiger charge is 2.24. The van der Waals surface area contributed by atoms with Gasteiger partial charge in [0.05, 0.1) is 16.1 Å². The lowest BCUT2D eigenvalue weighted by Gasteiger charge is -2.25. The van der Waals surface area contributed by atoms with Gasteiger partial charge < -0.3 is 10.1 Å². The van der Waals surface area contributed by atoms with Crippen molar-refractivity contribution in [2.75, 3.05) is 6.61 Å². The Balaban J connectivity index is 2.02. The Morgan fingerprint density at radius 2 is 2.11 bits per heavy atom. The molecule has 0 spiro atoms. The van der Waals surface area contributed by atoms with Crippen molar-refractivity contribution in [2.45, 2.75) is 44.9 Å². The molecule has 1 aliphatic rings. The highest BCUT2D eigenvalue weighted by molar-refractivity contribution is 6.42. The van der Waals surface area contributed by atoms with Crippen LogP contribution in [0.4, 0.5) is 0 Å². The quantitative estimate of drug-likeness (QED) is 0.896. The molecule has 1 heterocycles. The maximum atomic E-state index is 6.23. The van der Waals surface area contributed by atoms with E-state index in [2.05, 4.69) is 19.2 Å². The third-order valence-electron chi connectivity index (χ3n) is 3.48. The van der Waals surface area contributed by atoms with Gasteiger partial charge in [-0.25, -0.2) is 0 Å². The lowest BCUT2D eigenvalue weighted by molar-refractivity contribution is 0.0804. The minimum absolute atomic E-state index is 0.162. The van der Waals surface area contributed by atoms with E-state index < -0.39 is 0 Å². The van der Waals surface area contributed by atoms with Crippen LogP contribution >= 0.6 is 23.2 Å². The predicted octanol–water partition coefficient (Wildman–Crippen LogP) is 4.21. The van der Waals surface area contributed by atoms with Gasteiger partial charge in [-0.3, -0.25) is 0 Å². The minimum Gasteiger partial charge on any atom is -0.377 e. The first-order chi connectivity index (χ1) is 8.59. The Labute approximate surface area is 119 Å². The van der Waals surface area contributed by atoms with Crippen molar-refractivity contribution in [1.82, 2.24) is 5.32 Å². The topological polar surface area (TPSA) is 21.3 Å². The van der Waals surface area contributed by atoms with Crippen LogP contribution in [0, 0.1) is 0 Å². The Morgan fingerprint density at radius 1 is 1.33 bits per heavy atom. The lowest BCUT2D eigenvalue weighted by Crippen LogP contribution is -2.38. The molecule has 1 aliphatic heterocycles.